The summed E-state index contributed by atoms with van der Waals surface area (Å²) in [5.41, 5.74) is 0. The maximum absolute atomic E-state index is 11.6. The fourth-order valence-corrected chi connectivity index (χ4v) is 2.24. The second-order valence-corrected chi connectivity index (χ2v) is 5.35. The van der Waals surface area contributed by atoms with Crippen molar-refractivity contribution in [2.24, 2.45) is 5.92 Å². The van der Waals surface area contributed by atoms with Crippen LogP contribution < -0.4 is 10.6 Å². The van der Waals surface area contributed by atoms with Gasteiger partial charge < -0.3 is 20.8 Å². The van der Waals surface area contributed by atoms with Crippen molar-refractivity contribution in [1.82, 2.24) is 10.6 Å². The molecule has 4 N–H and O–H groups in total. The standard InChI is InChI=1S/C13H24N2O4/c1-9(6-7-12(17)18)8-14-13(19)15-10-4-2-3-5-11(10)16/h9-11,16H,2-8H2,1H3,(H,17,18)(H2,14,15,19). The van der Waals surface area contributed by atoms with Gasteiger partial charge in [-0.2, -0.15) is 0 Å². The minimum atomic E-state index is -0.818. The lowest BCUT2D eigenvalue weighted by Crippen LogP contribution is -2.49. The quantitative estimate of drug-likeness (QED) is 0.581. The smallest absolute Gasteiger partial charge is 0.315 e. The molecule has 1 fully saturated rings. The Morgan fingerprint density at radius 3 is 2.63 bits per heavy atom. The van der Waals surface area contributed by atoms with Gasteiger partial charge in [-0.3, -0.25) is 4.79 Å². The summed E-state index contributed by atoms with van der Waals surface area (Å²) in [5.74, 6) is -0.695. The van der Waals surface area contributed by atoms with Gasteiger partial charge in [0.15, 0.2) is 0 Å². The van der Waals surface area contributed by atoms with Gasteiger partial charge in [0, 0.05) is 13.0 Å². The molecule has 1 rings (SSSR count). The van der Waals surface area contributed by atoms with E-state index in [2.05, 4.69) is 10.6 Å². The molecule has 1 aliphatic rings. The summed E-state index contributed by atoms with van der Waals surface area (Å²) in [7, 11) is 0. The van der Waals surface area contributed by atoms with Gasteiger partial charge in [0.05, 0.1) is 12.1 Å². The van der Waals surface area contributed by atoms with Crippen LogP contribution in [0, 0.1) is 5.92 Å². The molecule has 0 aromatic heterocycles. The molecule has 1 aliphatic carbocycles. The third kappa shape index (κ3) is 6.42. The number of nitrogens with one attached hydrogen (secondary N) is 2. The average molecular weight is 272 g/mol. The lowest BCUT2D eigenvalue weighted by Gasteiger charge is -2.28. The number of urea groups is 1. The number of carboxylic acids is 1. The van der Waals surface area contributed by atoms with E-state index in [9.17, 15) is 14.7 Å². The van der Waals surface area contributed by atoms with Crippen LogP contribution in [0.25, 0.3) is 0 Å². The Bertz CT molecular complexity index is 309. The van der Waals surface area contributed by atoms with E-state index >= 15 is 0 Å². The summed E-state index contributed by atoms with van der Waals surface area (Å²) in [6.45, 7) is 2.35. The molecule has 3 atom stereocenters. The number of aliphatic carboxylic acids is 1. The zero-order chi connectivity index (χ0) is 14.3. The molecule has 6 heteroatoms. The maximum atomic E-state index is 11.6. The Labute approximate surface area is 113 Å². The molecule has 1 saturated carbocycles. The number of amides is 2. The van der Waals surface area contributed by atoms with E-state index in [0.717, 1.165) is 25.7 Å². The third-order valence-electron chi connectivity index (χ3n) is 3.51. The SMILES string of the molecule is CC(CCC(=O)O)CNC(=O)NC1CCCCC1O. The molecule has 110 valence electrons. The van der Waals surface area contributed by atoms with Crippen LogP contribution in [0.2, 0.25) is 0 Å². The molecule has 0 aromatic rings. The molecule has 0 saturated heterocycles. The van der Waals surface area contributed by atoms with Crippen LogP contribution in [0.1, 0.15) is 45.4 Å². The molecule has 0 aliphatic heterocycles. The number of carbonyl (C=O) groups is 2. The van der Waals surface area contributed by atoms with Gasteiger partial charge in [0.2, 0.25) is 0 Å². The van der Waals surface area contributed by atoms with Crippen molar-refractivity contribution in [1.29, 1.82) is 0 Å². The zero-order valence-corrected chi connectivity index (χ0v) is 11.4. The second kappa shape index (κ2) is 7.99. The molecule has 19 heavy (non-hydrogen) atoms. The first-order valence-electron chi connectivity index (χ1n) is 6.93. The van der Waals surface area contributed by atoms with Gasteiger partial charge in [-0.15, -0.1) is 0 Å². The van der Waals surface area contributed by atoms with Crippen LogP contribution >= 0.6 is 0 Å². The van der Waals surface area contributed by atoms with Crippen molar-refractivity contribution in [3.63, 3.8) is 0 Å². The highest BCUT2D eigenvalue weighted by molar-refractivity contribution is 5.74. The topological polar surface area (TPSA) is 98.7 Å². The first-order chi connectivity index (χ1) is 8.99. The molecule has 6 nitrogen and oxygen atoms in total. The average Bonchev–Trinajstić information content (AvgIpc) is 2.36. The van der Waals surface area contributed by atoms with Crippen molar-refractivity contribution in [3.05, 3.63) is 0 Å². The van der Waals surface area contributed by atoms with E-state index in [0.29, 0.717) is 13.0 Å². The lowest BCUT2D eigenvalue weighted by atomic mass is 9.93. The number of carboxylic acid groups (broad SMARTS) is 1. The van der Waals surface area contributed by atoms with Gasteiger partial charge in [0.1, 0.15) is 0 Å². The van der Waals surface area contributed by atoms with Crippen molar-refractivity contribution in [3.8, 4) is 0 Å². The van der Waals surface area contributed by atoms with E-state index in [1.807, 2.05) is 6.92 Å². The molecule has 3 unspecified atom stereocenters. The minimum absolute atomic E-state index is 0.117. The maximum Gasteiger partial charge on any atom is 0.315 e. The van der Waals surface area contributed by atoms with Crippen LogP contribution in [-0.2, 0) is 4.79 Å². The van der Waals surface area contributed by atoms with Crippen LogP contribution in [0.4, 0.5) is 4.79 Å². The molecule has 0 radical (unpaired) electrons. The third-order valence-corrected chi connectivity index (χ3v) is 3.51. The Hall–Kier alpha value is -1.30. The molecule has 0 aromatic carbocycles. The fraction of sp³-hybridized carbons (Fsp3) is 0.846. The summed E-state index contributed by atoms with van der Waals surface area (Å²) < 4.78 is 0. The molecule has 0 heterocycles. The van der Waals surface area contributed by atoms with E-state index in [4.69, 9.17) is 5.11 Å². The van der Waals surface area contributed by atoms with E-state index in [1.54, 1.807) is 0 Å². The number of carbonyl (C=O) groups excluding carboxylic acids is 1. The Morgan fingerprint density at radius 2 is 2.00 bits per heavy atom. The Balaban J connectivity index is 2.18. The van der Waals surface area contributed by atoms with Gasteiger partial charge >= 0.3 is 12.0 Å². The predicted molar refractivity (Wildman–Crippen MR) is 70.8 cm³/mol. The van der Waals surface area contributed by atoms with Gasteiger partial charge in [-0.1, -0.05) is 19.8 Å². The summed E-state index contributed by atoms with van der Waals surface area (Å²) in [4.78, 5) is 22.1. The summed E-state index contributed by atoms with van der Waals surface area (Å²) in [5, 5.41) is 23.8. The monoisotopic (exact) mass is 272 g/mol. The normalized spacial score (nSPS) is 24.5. The first-order valence-corrected chi connectivity index (χ1v) is 6.93. The van der Waals surface area contributed by atoms with E-state index < -0.39 is 12.1 Å². The first kappa shape index (κ1) is 15.8. The Morgan fingerprint density at radius 1 is 1.32 bits per heavy atom. The second-order valence-electron chi connectivity index (χ2n) is 5.35. The van der Waals surface area contributed by atoms with Gasteiger partial charge in [0.25, 0.3) is 0 Å². The molecule has 2 amide bonds. The van der Waals surface area contributed by atoms with Crippen LogP contribution in [0.15, 0.2) is 0 Å². The molecule has 0 spiro atoms. The number of aliphatic hydroxyl groups is 1. The highest BCUT2D eigenvalue weighted by Crippen LogP contribution is 2.18. The highest BCUT2D eigenvalue weighted by atomic mass is 16.4. The highest BCUT2D eigenvalue weighted by Gasteiger charge is 2.24. The number of hydrogen-bond donors (Lipinski definition) is 4. The van der Waals surface area contributed by atoms with Crippen LogP contribution in [-0.4, -0.2) is 40.9 Å². The van der Waals surface area contributed by atoms with Crippen LogP contribution in [0.5, 0.6) is 0 Å². The van der Waals surface area contributed by atoms with Gasteiger partial charge in [-0.25, -0.2) is 4.79 Å². The number of rotatable bonds is 6. The van der Waals surface area contributed by atoms with Gasteiger partial charge in [-0.05, 0) is 25.2 Å². The summed E-state index contributed by atoms with van der Waals surface area (Å²) in [6, 6.07) is -0.448. The van der Waals surface area contributed by atoms with E-state index in [1.165, 1.54) is 0 Å². The molecule has 0 bridgehead atoms. The molecular weight excluding hydrogens is 248 g/mol. The summed E-state index contributed by atoms with van der Waals surface area (Å²) in [6.07, 6.45) is 3.78. The zero-order valence-electron chi connectivity index (χ0n) is 11.4. The fourth-order valence-electron chi connectivity index (χ4n) is 2.24. The predicted octanol–water partition coefficient (Wildman–Crippen LogP) is 1.09. The minimum Gasteiger partial charge on any atom is -0.481 e. The number of aliphatic hydroxyl groups excluding tert-OH is 1. The van der Waals surface area contributed by atoms with Crippen molar-refractivity contribution >= 4 is 12.0 Å². The van der Waals surface area contributed by atoms with Crippen LogP contribution in [0.3, 0.4) is 0 Å². The largest absolute Gasteiger partial charge is 0.481 e. The number of hydrogen-bond acceptors (Lipinski definition) is 3. The summed E-state index contributed by atoms with van der Waals surface area (Å²) >= 11 is 0. The van der Waals surface area contributed by atoms with E-state index in [-0.39, 0.29) is 24.4 Å². The lowest BCUT2D eigenvalue weighted by molar-refractivity contribution is -0.137. The Kier molecular flexibility index (Phi) is 6.62. The molecular formula is C13H24N2O4. The van der Waals surface area contributed by atoms with Crippen molar-refractivity contribution in [2.45, 2.75) is 57.6 Å². The van der Waals surface area contributed by atoms with Crippen molar-refractivity contribution in [2.75, 3.05) is 6.54 Å². The van der Waals surface area contributed by atoms with Crippen molar-refractivity contribution < 1.29 is 19.8 Å².